The van der Waals surface area contributed by atoms with Crippen LogP contribution in [0.1, 0.15) is 59.3 Å². The van der Waals surface area contributed by atoms with Gasteiger partial charge in [-0.1, -0.05) is 46.5 Å². The van der Waals surface area contributed by atoms with Crippen molar-refractivity contribution >= 4 is 0 Å². The van der Waals surface area contributed by atoms with Gasteiger partial charge in [-0.3, -0.25) is 0 Å². The number of rotatable bonds is 8. The second-order valence-electron chi connectivity index (χ2n) is 7.55. The summed E-state index contributed by atoms with van der Waals surface area (Å²) < 4.78 is 17.4. The highest BCUT2D eigenvalue weighted by Crippen LogP contribution is 2.51. The number of epoxide rings is 1. The standard InChI is InChI=1S/C18H34O3/c1-13(2)8-6-7-9-14(3)16-17(20-5)15(19-4)10-11-18(16)12-21-18/h13-17H,6-12H2,1-5H3/t14-,15?,16?,17?,18+/m1/s1. The number of hydrogen-bond acceptors (Lipinski definition) is 3. The number of unbranched alkanes of at least 4 members (excludes halogenated alkanes) is 1. The first-order chi connectivity index (χ1) is 10.0. The quantitative estimate of drug-likeness (QED) is 0.500. The molecule has 0 bridgehead atoms. The normalized spacial score (nSPS) is 37.1. The van der Waals surface area contributed by atoms with E-state index in [2.05, 4.69) is 20.8 Å². The van der Waals surface area contributed by atoms with Gasteiger partial charge in [-0.25, -0.2) is 0 Å². The average Bonchev–Trinajstić information content (AvgIpc) is 3.22. The summed E-state index contributed by atoms with van der Waals surface area (Å²) in [6, 6.07) is 0. The minimum atomic E-state index is 0.104. The maximum atomic E-state index is 5.90. The third kappa shape index (κ3) is 4.00. The Hall–Kier alpha value is -0.120. The lowest BCUT2D eigenvalue weighted by atomic mass is 9.68. The molecule has 5 atom stereocenters. The molecule has 3 unspecified atom stereocenters. The molecule has 3 heteroatoms. The first-order valence-electron chi connectivity index (χ1n) is 8.73. The maximum Gasteiger partial charge on any atom is 0.0973 e. The van der Waals surface area contributed by atoms with E-state index in [1.807, 2.05) is 14.2 Å². The topological polar surface area (TPSA) is 31.0 Å². The average molecular weight is 298 g/mol. The Kier molecular flexibility index (Phi) is 6.10. The van der Waals surface area contributed by atoms with E-state index in [1.54, 1.807) is 0 Å². The largest absolute Gasteiger partial charge is 0.379 e. The highest BCUT2D eigenvalue weighted by molar-refractivity contribution is 5.08. The fourth-order valence-corrected chi connectivity index (χ4v) is 4.27. The molecule has 1 spiro atoms. The summed E-state index contributed by atoms with van der Waals surface area (Å²) in [6.45, 7) is 7.92. The molecule has 0 aromatic rings. The second kappa shape index (κ2) is 7.43. The van der Waals surface area contributed by atoms with Crippen LogP contribution in [-0.4, -0.2) is 38.6 Å². The Balaban J connectivity index is 1.93. The van der Waals surface area contributed by atoms with Crippen molar-refractivity contribution in [2.24, 2.45) is 17.8 Å². The van der Waals surface area contributed by atoms with Crippen LogP contribution < -0.4 is 0 Å². The molecule has 3 nitrogen and oxygen atoms in total. The van der Waals surface area contributed by atoms with Gasteiger partial charge < -0.3 is 14.2 Å². The third-order valence-electron chi connectivity index (χ3n) is 5.57. The molecule has 1 saturated carbocycles. The first-order valence-corrected chi connectivity index (χ1v) is 8.73. The van der Waals surface area contributed by atoms with Crippen molar-refractivity contribution < 1.29 is 14.2 Å². The van der Waals surface area contributed by atoms with Gasteiger partial charge in [0.25, 0.3) is 0 Å². The van der Waals surface area contributed by atoms with Gasteiger partial charge in [0.15, 0.2) is 0 Å². The highest BCUT2D eigenvalue weighted by atomic mass is 16.6. The van der Waals surface area contributed by atoms with E-state index in [0.29, 0.717) is 11.8 Å². The Labute approximate surface area is 130 Å². The van der Waals surface area contributed by atoms with Gasteiger partial charge in [0.05, 0.1) is 24.4 Å². The van der Waals surface area contributed by atoms with Crippen LogP contribution in [0.15, 0.2) is 0 Å². The predicted octanol–water partition coefficient (Wildman–Crippen LogP) is 4.05. The van der Waals surface area contributed by atoms with Crippen LogP contribution in [0.2, 0.25) is 0 Å². The van der Waals surface area contributed by atoms with Gasteiger partial charge in [0.1, 0.15) is 0 Å². The van der Waals surface area contributed by atoms with E-state index < -0.39 is 0 Å². The van der Waals surface area contributed by atoms with Crippen LogP contribution in [0, 0.1) is 17.8 Å². The van der Waals surface area contributed by atoms with Crippen molar-refractivity contribution in [2.45, 2.75) is 77.1 Å². The molecule has 0 amide bonds. The summed E-state index contributed by atoms with van der Waals surface area (Å²) in [7, 11) is 3.64. The minimum Gasteiger partial charge on any atom is -0.379 e. The summed E-state index contributed by atoms with van der Waals surface area (Å²) in [5, 5.41) is 0. The van der Waals surface area contributed by atoms with Gasteiger partial charge in [-0.2, -0.15) is 0 Å². The van der Waals surface area contributed by atoms with Gasteiger partial charge >= 0.3 is 0 Å². The summed E-state index contributed by atoms with van der Waals surface area (Å²) in [5.74, 6) is 1.94. The van der Waals surface area contributed by atoms with Crippen LogP contribution >= 0.6 is 0 Å². The summed E-state index contributed by atoms with van der Waals surface area (Å²) in [5.41, 5.74) is 0.104. The van der Waals surface area contributed by atoms with Crippen LogP contribution in [0.25, 0.3) is 0 Å². The zero-order valence-electron chi connectivity index (χ0n) is 14.6. The highest BCUT2D eigenvalue weighted by Gasteiger charge is 2.59. The Morgan fingerprint density at radius 3 is 2.29 bits per heavy atom. The molecular formula is C18H34O3. The number of methoxy groups -OCH3 is 2. The third-order valence-corrected chi connectivity index (χ3v) is 5.57. The van der Waals surface area contributed by atoms with Crippen molar-refractivity contribution in [1.82, 2.24) is 0 Å². The van der Waals surface area contributed by atoms with Crippen molar-refractivity contribution in [2.75, 3.05) is 20.8 Å². The lowest BCUT2D eigenvalue weighted by Gasteiger charge is -2.43. The molecule has 0 aromatic heterocycles. The molecule has 0 radical (unpaired) electrons. The molecule has 2 aliphatic rings. The number of ether oxygens (including phenoxy) is 3. The predicted molar refractivity (Wildman–Crippen MR) is 85.5 cm³/mol. The smallest absolute Gasteiger partial charge is 0.0973 e. The molecule has 0 N–H and O–H groups in total. The van der Waals surface area contributed by atoms with Crippen molar-refractivity contribution in [3.8, 4) is 0 Å². The van der Waals surface area contributed by atoms with Gasteiger partial charge in [-0.05, 0) is 24.7 Å². The van der Waals surface area contributed by atoms with Gasteiger partial charge in [0.2, 0.25) is 0 Å². The molecule has 1 heterocycles. The summed E-state index contributed by atoms with van der Waals surface area (Å²) in [4.78, 5) is 0. The maximum absolute atomic E-state index is 5.90. The fourth-order valence-electron chi connectivity index (χ4n) is 4.27. The van der Waals surface area contributed by atoms with E-state index in [0.717, 1.165) is 25.4 Å². The summed E-state index contributed by atoms with van der Waals surface area (Å²) in [6.07, 6.45) is 7.89. The van der Waals surface area contributed by atoms with Crippen molar-refractivity contribution in [3.63, 3.8) is 0 Å². The second-order valence-corrected chi connectivity index (χ2v) is 7.55. The Morgan fingerprint density at radius 2 is 1.76 bits per heavy atom. The van der Waals surface area contributed by atoms with Gasteiger partial charge in [0, 0.05) is 20.1 Å². The lowest BCUT2D eigenvalue weighted by molar-refractivity contribution is -0.124. The van der Waals surface area contributed by atoms with E-state index in [1.165, 1.54) is 25.7 Å². The zero-order chi connectivity index (χ0) is 15.5. The lowest BCUT2D eigenvalue weighted by Crippen LogP contribution is -2.51. The molecule has 124 valence electrons. The molecule has 1 aliphatic heterocycles. The zero-order valence-corrected chi connectivity index (χ0v) is 14.6. The molecule has 0 aromatic carbocycles. The Morgan fingerprint density at radius 1 is 1.10 bits per heavy atom. The SMILES string of the molecule is COC1CC[C@]2(CO2)C([C@H](C)CCCCC(C)C)C1OC. The van der Waals surface area contributed by atoms with Crippen LogP contribution in [0.3, 0.4) is 0 Å². The minimum absolute atomic E-state index is 0.104. The number of hydrogen-bond donors (Lipinski definition) is 0. The molecule has 1 aliphatic carbocycles. The van der Waals surface area contributed by atoms with E-state index >= 15 is 0 Å². The van der Waals surface area contributed by atoms with Crippen molar-refractivity contribution in [3.05, 3.63) is 0 Å². The monoisotopic (exact) mass is 298 g/mol. The fraction of sp³-hybridized carbons (Fsp3) is 1.00. The van der Waals surface area contributed by atoms with Crippen molar-refractivity contribution in [1.29, 1.82) is 0 Å². The first kappa shape index (κ1) is 17.2. The molecule has 1 saturated heterocycles. The van der Waals surface area contributed by atoms with Crippen LogP contribution in [-0.2, 0) is 14.2 Å². The van der Waals surface area contributed by atoms with E-state index in [4.69, 9.17) is 14.2 Å². The summed E-state index contributed by atoms with van der Waals surface area (Å²) >= 11 is 0. The molecular weight excluding hydrogens is 264 g/mol. The van der Waals surface area contributed by atoms with Gasteiger partial charge in [-0.15, -0.1) is 0 Å². The molecule has 2 rings (SSSR count). The van der Waals surface area contributed by atoms with Crippen LogP contribution in [0.4, 0.5) is 0 Å². The Bertz CT molecular complexity index is 312. The van der Waals surface area contributed by atoms with Crippen LogP contribution in [0.5, 0.6) is 0 Å². The molecule has 2 fully saturated rings. The van der Waals surface area contributed by atoms with E-state index in [9.17, 15) is 0 Å². The van der Waals surface area contributed by atoms with E-state index in [-0.39, 0.29) is 17.8 Å². The molecule has 21 heavy (non-hydrogen) atoms.